The second kappa shape index (κ2) is 5.64. The molecule has 2 aromatic carbocycles. The van der Waals surface area contributed by atoms with Gasteiger partial charge in [0.2, 0.25) is 0 Å². The molecule has 0 fully saturated rings. The molecule has 1 heterocycles. The molecule has 0 radical (unpaired) electrons. The summed E-state index contributed by atoms with van der Waals surface area (Å²) in [5.41, 5.74) is 0.782. The van der Waals surface area contributed by atoms with Gasteiger partial charge in [-0.15, -0.1) is 0 Å². The Morgan fingerprint density at radius 1 is 0.917 bits per heavy atom. The first-order chi connectivity index (χ1) is 11.3. The highest BCUT2D eigenvalue weighted by atomic mass is 32.2. The molecule has 7 nitrogen and oxygen atoms in total. The third-order valence-electron chi connectivity index (χ3n) is 3.86. The van der Waals surface area contributed by atoms with Crippen molar-refractivity contribution in [2.75, 3.05) is 4.72 Å². The molecule has 0 aliphatic rings. The van der Waals surface area contributed by atoms with Gasteiger partial charge in [-0.2, -0.15) is 0 Å². The quantitative estimate of drug-likeness (QED) is 0.670. The van der Waals surface area contributed by atoms with Gasteiger partial charge in [-0.3, -0.25) is 24.5 Å². The molecule has 0 bridgehead atoms. The number of fused-ring (bicyclic) bond motifs is 1. The maximum Gasteiger partial charge on any atom is 0.272 e. The van der Waals surface area contributed by atoms with Crippen molar-refractivity contribution in [1.29, 1.82) is 0 Å². The summed E-state index contributed by atoms with van der Waals surface area (Å²) in [5.74, 6) is 0. The zero-order valence-electron chi connectivity index (χ0n) is 13.0. The average Bonchev–Trinajstić information content (AvgIpc) is 2.53. The van der Waals surface area contributed by atoms with Crippen LogP contribution in [0.5, 0.6) is 0 Å². The van der Waals surface area contributed by atoms with Crippen molar-refractivity contribution in [2.24, 2.45) is 0 Å². The Morgan fingerprint density at radius 2 is 1.62 bits per heavy atom. The third-order valence-corrected chi connectivity index (χ3v) is 5.22. The number of H-pyrrole nitrogens is 2. The topological polar surface area (TPSA) is 112 Å². The number of aromatic amines is 2. The third kappa shape index (κ3) is 2.71. The molecular formula is C16H15N3O4S. The van der Waals surface area contributed by atoms with Gasteiger partial charge in [0.25, 0.3) is 21.1 Å². The molecule has 0 aliphatic carbocycles. The zero-order chi connectivity index (χ0) is 17.5. The van der Waals surface area contributed by atoms with Crippen LogP contribution in [-0.4, -0.2) is 18.6 Å². The van der Waals surface area contributed by atoms with E-state index in [2.05, 4.69) is 14.9 Å². The largest absolute Gasteiger partial charge is 0.279 e. The second-order valence-corrected chi connectivity index (χ2v) is 7.17. The normalized spacial score (nSPS) is 11.6. The number of nitrogens with one attached hydrogen (secondary N) is 3. The number of hydrogen-bond donors (Lipinski definition) is 3. The van der Waals surface area contributed by atoms with Crippen LogP contribution in [0.15, 0.2) is 50.9 Å². The van der Waals surface area contributed by atoms with Crippen LogP contribution in [0.3, 0.4) is 0 Å². The Balaban J connectivity index is 2.16. The van der Waals surface area contributed by atoms with E-state index in [4.69, 9.17) is 0 Å². The highest BCUT2D eigenvalue weighted by molar-refractivity contribution is 7.92. The number of aromatic nitrogens is 2. The molecule has 0 aliphatic heterocycles. The van der Waals surface area contributed by atoms with Crippen LogP contribution in [0, 0.1) is 13.8 Å². The van der Waals surface area contributed by atoms with Gasteiger partial charge in [0.15, 0.2) is 0 Å². The van der Waals surface area contributed by atoms with Gasteiger partial charge in [0, 0.05) is 0 Å². The van der Waals surface area contributed by atoms with Crippen molar-refractivity contribution in [1.82, 2.24) is 10.2 Å². The molecule has 0 saturated carbocycles. The standard InChI is InChI=1S/C16H15N3O4S/c1-9-6-7-11(8-10(9)2)24(22,23)19-13-5-3-4-12-14(13)16(21)18-17-15(12)20/h3-8,19H,1-2H3,(H,17,20)(H,18,21). The van der Waals surface area contributed by atoms with E-state index in [-0.39, 0.29) is 21.4 Å². The number of aryl methyl sites for hydroxylation is 2. The average molecular weight is 345 g/mol. The summed E-state index contributed by atoms with van der Waals surface area (Å²) >= 11 is 0. The minimum absolute atomic E-state index is 0.00587. The van der Waals surface area contributed by atoms with Crippen LogP contribution >= 0.6 is 0 Å². The first-order valence-corrected chi connectivity index (χ1v) is 8.62. The van der Waals surface area contributed by atoms with E-state index >= 15 is 0 Å². The number of sulfonamides is 1. The van der Waals surface area contributed by atoms with Gasteiger partial charge in [0.1, 0.15) is 0 Å². The fourth-order valence-corrected chi connectivity index (χ4v) is 3.56. The van der Waals surface area contributed by atoms with Crippen molar-refractivity contribution in [3.05, 3.63) is 68.2 Å². The summed E-state index contributed by atoms with van der Waals surface area (Å²) in [6.07, 6.45) is 0. The molecule has 24 heavy (non-hydrogen) atoms. The Bertz CT molecular complexity index is 1160. The fraction of sp³-hybridized carbons (Fsp3) is 0.125. The van der Waals surface area contributed by atoms with Crippen LogP contribution in [0.2, 0.25) is 0 Å². The lowest BCUT2D eigenvalue weighted by Crippen LogP contribution is -2.21. The van der Waals surface area contributed by atoms with Gasteiger partial charge in [-0.1, -0.05) is 12.1 Å². The van der Waals surface area contributed by atoms with Gasteiger partial charge < -0.3 is 0 Å². The van der Waals surface area contributed by atoms with Crippen molar-refractivity contribution in [3.8, 4) is 0 Å². The Morgan fingerprint density at radius 3 is 2.33 bits per heavy atom. The molecule has 0 atom stereocenters. The Hall–Kier alpha value is -2.87. The SMILES string of the molecule is Cc1ccc(S(=O)(=O)Nc2cccc3c(=O)[nH][nH]c(=O)c23)cc1C. The van der Waals surface area contributed by atoms with Crippen LogP contribution in [-0.2, 0) is 10.0 Å². The minimum Gasteiger partial charge on any atom is -0.279 e. The van der Waals surface area contributed by atoms with E-state index in [0.717, 1.165) is 11.1 Å². The lowest BCUT2D eigenvalue weighted by Gasteiger charge is -2.11. The van der Waals surface area contributed by atoms with Crippen molar-refractivity contribution < 1.29 is 8.42 Å². The molecular weight excluding hydrogens is 330 g/mol. The van der Waals surface area contributed by atoms with Crippen LogP contribution in [0.1, 0.15) is 11.1 Å². The first kappa shape index (κ1) is 16.0. The van der Waals surface area contributed by atoms with Gasteiger partial charge >= 0.3 is 0 Å². The van der Waals surface area contributed by atoms with Crippen molar-refractivity contribution >= 4 is 26.5 Å². The fourth-order valence-electron chi connectivity index (χ4n) is 2.40. The second-order valence-electron chi connectivity index (χ2n) is 5.49. The van der Waals surface area contributed by atoms with E-state index in [1.54, 1.807) is 12.1 Å². The summed E-state index contributed by atoms with van der Waals surface area (Å²) in [4.78, 5) is 23.9. The monoisotopic (exact) mass is 345 g/mol. The number of rotatable bonds is 3. The van der Waals surface area contributed by atoms with Gasteiger partial charge in [-0.05, 0) is 49.2 Å². The predicted molar refractivity (Wildman–Crippen MR) is 91.9 cm³/mol. The molecule has 0 amide bonds. The molecule has 0 spiro atoms. The predicted octanol–water partition coefficient (Wildman–Crippen LogP) is 1.63. The molecule has 1 aromatic heterocycles. The summed E-state index contributed by atoms with van der Waals surface area (Å²) in [7, 11) is -3.89. The molecule has 3 aromatic rings. The van der Waals surface area contributed by atoms with Gasteiger partial charge in [0.05, 0.1) is 21.4 Å². The summed E-state index contributed by atoms with van der Waals surface area (Å²) in [6.45, 7) is 3.70. The highest BCUT2D eigenvalue weighted by Gasteiger charge is 2.18. The maximum atomic E-state index is 12.6. The van der Waals surface area contributed by atoms with E-state index in [9.17, 15) is 18.0 Å². The van der Waals surface area contributed by atoms with Crippen LogP contribution < -0.4 is 15.8 Å². The Labute approximate surface area is 137 Å². The van der Waals surface area contributed by atoms with Crippen LogP contribution in [0.4, 0.5) is 5.69 Å². The molecule has 124 valence electrons. The molecule has 0 unspecified atom stereocenters. The van der Waals surface area contributed by atoms with E-state index in [1.165, 1.54) is 24.3 Å². The molecule has 8 heteroatoms. The van der Waals surface area contributed by atoms with Gasteiger partial charge in [-0.25, -0.2) is 8.42 Å². The minimum atomic E-state index is -3.89. The number of hydrogen-bond acceptors (Lipinski definition) is 4. The zero-order valence-corrected chi connectivity index (χ0v) is 13.8. The van der Waals surface area contributed by atoms with E-state index in [0.29, 0.717) is 0 Å². The lowest BCUT2D eigenvalue weighted by atomic mass is 10.1. The summed E-state index contributed by atoms with van der Waals surface area (Å²) < 4.78 is 27.6. The van der Waals surface area contributed by atoms with Crippen LogP contribution in [0.25, 0.3) is 10.8 Å². The Kier molecular flexibility index (Phi) is 3.76. The molecule has 3 N–H and O–H groups in total. The van der Waals surface area contributed by atoms with Crippen molar-refractivity contribution in [2.45, 2.75) is 18.7 Å². The van der Waals surface area contributed by atoms with Crippen molar-refractivity contribution in [3.63, 3.8) is 0 Å². The lowest BCUT2D eigenvalue weighted by molar-refractivity contribution is 0.601. The summed E-state index contributed by atoms with van der Waals surface area (Å²) in [6, 6.07) is 9.17. The molecule has 0 saturated heterocycles. The maximum absolute atomic E-state index is 12.6. The highest BCUT2D eigenvalue weighted by Crippen LogP contribution is 2.22. The van der Waals surface area contributed by atoms with E-state index in [1.807, 2.05) is 13.8 Å². The number of benzene rings is 2. The first-order valence-electron chi connectivity index (χ1n) is 7.13. The molecule has 3 rings (SSSR count). The summed E-state index contributed by atoms with van der Waals surface area (Å²) in [5, 5.41) is 4.51. The van der Waals surface area contributed by atoms with E-state index < -0.39 is 21.1 Å². The number of anilines is 1. The smallest absolute Gasteiger partial charge is 0.272 e.